The zero-order valence-corrected chi connectivity index (χ0v) is 13.2. The Bertz CT molecular complexity index is 506. The molecule has 4 nitrogen and oxygen atoms in total. The SMILES string of the molecule is O=C1N(CCN2CCCCC2)C(c2ccsc2)NC12CC2. The second kappa shape index (κ2) is 5.38. The van der Waals surface area contributed by atoms with Gasteiger partial charge in [-0.05, 0) is 61.2 Å². The van der Waals surface area contributed by atoms with Crippen molar-refractivity contribution in [2.45, 2.75) is 43.8 Å². The summed E-state index contributed by atoms with van der Waals surface area (Å²) in [5, 5.41) is 7.86. The van der Waals surface area contributed by atoms with Gasteiger partial charge in [-0.3, -0.25) is 10.1 Å². The molecule has 1 unspecified atom stereocenters. The van der Waals surface area contributed by atoms with Crippen LogP contribution in [0.25, 0.3) is 0 Å². The first-order valence-electron chi connectivity index (χ1n) is 8.12. The fourth-order valence-electron chi connectivity index (χ4n) is 3.63. The van der Waals surface area contributed by atoms with Crippen LogP contribution < -0.4 is 5.32 Å². The highest BCUT2D eigenvalue weighted by molar-refractivity contribution is 7.07. The minimum absolute atomic E-state index is 0.0936. The summed E-state index contributed by atoms with van der Waals surface area (Å²) in [6.07, 6.45) is 6.09. The number of carbonyl (C=O) groups excluding carboxylic acids is 1. The largest absolute Gasteiger partial charge is 0.320 e. The zero-order valence-electron chi connectivity index (χ0n) is 12.4. The van der Waals surface area contributed by atoms with Gasteiger partial charge in [0.2, 0.25) is 5.91 Å². The molecule has 1 aliphatic carbocycles. The molecule has 0 aromatic carbocycles. The lowest BCUT2D eigenvalue weighted by Crippen LogP contribution is -2.40. The number of rotatable bonds is 4. The van der Waals surface area contributed by atoms with Crippen molar-refractivity contribution in [3.05, 3.63) is 22.4 Å². The predicted octanol–water partition coefficient (Wildman–Crippen LogP) is 2.20. The molecule has 3 heterocycles. The second-order valence-corrected chi connectivity index (χ2v) is 7.37. The van der Waals surface area contributed by atoms with Crippen LogP contribution in [0.5, 0.6) is 0 Å². The highest BCUT2D eigenvalue weighted by atomic mass is 32.1. The molecule has 21 heavy (non-hydrogen) atoms. The third kappa shape index (κ3) is 2.51. The van der Waals surface area contributed by atoms with Crippen LogP contribution in [0.1, 0.15) is 43.8 Å². The number of nitrogens with zero attached hydrogens (tertiary/aromatic N) is 2. The van der Waals surface area contributed by atoms with Crippen LogP contribution in [0, 0.1) is 0 Å². The first kappa shape index (κ1) is 13.7. The van der Waals surface area contributed by atoms with E-state index in [1.807, 2.05) is 0 Å². The van der Waals surface area contributed by atoms with Crippen molar-refractivity contribution in [2.75, 3.05) is 26.2 Å². The highest BCUT2D eigenvalue weighted by Gasteiger charge is 2.59. The fourth-order valence-corrected chi connectivity index (χ4v) is 4.31. The summed E-state index contributed by atoms with van der Waals surface area (Å²) in [4.78, 5) is 17.3. The van der Waals surface area contributed by atoms with Gasteiger partial charge in [0.25, 0.3) is 0 Å². The van der Waals surface area contributed by atoms with E-state index < -0.39 is 0 Å². The van der Waals surface area contributed by atoms with Gasteiger partial charge in [0.15, 0.2) is 0 Å². The number of thiophene rings is 1. The molecule has 1 saturated carbocycles. The van der Waals surface area contributed by atoms with Crippen LogP contribution in [0.4, 0.5) is 0 Å². The quantitative estimate of drug-likeness (QED) is 0.926. The molecule has 1 amide bonds. The van der Waals surface area contributed by atoms with E-state index >= 15 is 0 Å². The number of nitrogens with one attached hydrogen (secondary N) is 1. The smallest absolute Gasteiger partial charge is 0.244 e. The maximum atomic E-state index is 12.7. The summed E-state index contributed by atoms with van der Waals surface area (Å²) >= 11 is 1.71. The van der Waals surface area contributed by atoms with Crippen molar-refractivity contribution in [2.24, 2.45) is 0 Å². The van der Waals surface area contributed by atoms with Gasteiger partial charge in [-0.2, -0.15) is 11.3 Å². The first-order valence-corrected chi connectivity index (χ1v) is 9.06. The number of hydrogen-bond acceptors (Lipinski definition) is 4. The molecule has 2 saturated heterocycles. The molecular formula is C16H23N3OS. The van der Waals surface area contributed by atoms with Crippen LogP contribution in [0.2, 0.25) is 0 Å². The van der Waals surface area contributed by atoms with E-state index in [-0.39, 0.29) is 11.7 Å². The molecule has 3 aliphatic rings. The summed E-state index contributed by atoms with van der Waals surface area (Å²) in [6, 6.07) is 2.14. The maximum absolute atomic E-state index is 12.7. The number of likely N-dealkylation sites (tertiary alicyclic amines) is 1. The zero-order chi connectivity index (χ0) is 14.3. The molecule has 5 heteroatoms. The number of carbonyl (C=O) groups is 1. The van der Waals surface area contributed by atoms with E-state index in [2.05, 4.69) is 31.9 Å². The maximum Gasteiger partial charge on any atom is 0.244 e. The van der Waals surface area contributed by atoms with Crippen LogP contribution in [-0.2, 0) is 4.79 Å². The van der Waals surface area contributed by atoms with E-state index in [4.69, 9.17) is 0 Å². The predicted molar refractivity (Wildman–Crippen MR) is 84.2 cm³/mol. The lowest BCUT2D eigenvalue weighted by atomic mass is 10.1. The Morgan fingerprint density at radius 2 is 2.05 bits per heavy atom. The minimum atomic E-state index is -0.214. The fraction of sp³-hybridized carbons (Fsp3) is 0.688. The molecule has 1 atom stereocenters. The summed E-state index contributed by atoms with van der Waals surface area (Å²) in [5.74, 6) is 0.329. The monoisotopic (exact) mass is 305 g/mol. The van der Waals surface area contributed by atoms with Crippen LogP contribution in [0.3, 0.4) is 0 Å². The van der Waals surface area contributed by atoms with Gasteiger partial charge in [-0.15, -0.1) is 0 Å². The van der Waals surface area contributed by atoms with E-state index in [1.165, 1.54) is 37.9 Å². The van der Waals surface area contributed by atoms with Gasteiger partial charge in [-0.1, -0.05) is 6.42 Å². The highest BCUT2D eigenvalue weighted by Crippen LogP contribution is 2.46. The molecule has 0 radical (unpaired) electrons. The van der Waals surface area contributed by atoms with Gasteiger partial charge in [0.05, 0.1) is 0 Å². The van der Waals surface area contributed by atoms with Gasteiger partial charge >= 0.3 is 0 Å². The second-order valence-electron chi connectivity index (χ2n) is 6.59. The number of amides is 1. The van der Waals surface area contributed by atoms with Gasteiger partial charge < -0.3 is 9.80 Å². The Hall–Kier alpha value is -0.910. The Labute approximate surface area is 130 Å². The van der Waals surface area contributed by atoms with Crippen molar-refractivity contribution < 1.29 is 4.79 Å². The summed E-state index contributed by atoms with van der Waals surface area (Å²) in [6.45, 7) is 4.27. The molecule has 4 rings (SSSR count). The van der Waals surface area contributed by atoms with E-state index in [9.17, 15) is 4.79 Å². The molecule has 114 valence electrons. The van der Waals surface area contributed by atoms with Crippen LogP contribution in [-0.4, -0.2) is 47.4 Å². The molecule has 1 aromatic heterocycles. The minimum Gasteiger partial charge on any atom is -0.320 e. The van der Waals surface area contributed by atoms with Crippen molar-refractivity contribution in [1.82, 2.24) is 15.1 Å². The summed E-state index contributed by atoms with van der Waals surface area (Å²) < 4.78 is 0. The van der Waals surface area contributed by atoms with Gasteiger partial charge in [0.1, 0.15) is 11.7 Å². The Morgan fingerprint density at radius 1 is 1.24 bits per heavy atom. The van der Waals surface area contributed by atoms with Crippen molar-refractivity contribution >= 4 is 17.2 Å². The molecule has 1 aromatic rings. The normalized spacial score (nSPS) is 28.5. The first-order chi connectivity index (χ1) is 10.3. The average Bonchev–Trinajstić information content (AvgIpc) is 2.99. The van der Waals surface area contributed by atoms with Gasteiger partial charge in [-0.25, -0.2) is 0 Å². The lowest BCUT2D eigenvalue weighted by molar-refractivity contribution is -0.131. The third-order valence-corrected chi connectivity index (χ3v) is 5.81. The molecule has 1 spiro atoms. The van der Waals surface area contributed by atoms with Crippen LogP contribution in [0.15, 0.2) is 16.8 Å². The Balaban J connectivity index is 1.46. The number of piperidine rings is 1. The molecule has 2 aliphatic heterocycles. The van der Waals surface area contributed by atoms with E-state index in [0.717, 1.165) is 25.9 Å². The van der Waals surface area contributed by atoms with Crippen molar-refractivity contribution in [3.8, 4) is 0 Å². The Morgan fingerprint density at radius 3 is 2.71 bits per heavy atom. The number of hydrogen-bond donors (Lipinski definition) is 1. The Kier molecular flexibility index (Phi) is 3.52. The summed E-state index contributed by atoms with van der Waals surface area (Å²) in [7, 11) is 0. The average molecular weight is 305 g/mol. The van der Waals surface area contributed by atoms with Gasteiger partial charge in [0, 0.05) is 13.1 Å². The third-order valence-electron chi connectivity index (χ3n) is 5.11. The molecule has 3 fully saturated rings. The molecule has 1 N–H and O–H groups in total. The van der Waals surface area contributed by atoms with Crippen molar-refractivity contribution in [3.63, 3.8) is 0 Å². The van der Waals surface area contributed by atoms with E-state index in [0.29, 0.717) is 5.91 Å². The standard InChI is InChI=1S/C16H23N3OS/c20-15-16(5-6-16)17-14(13-4-11-21-12-13)19(15)10-9-18-7-2-1-3-8-18/h4,11-12,14,17H,1-3,5-10H2. The van der Waals surface area contributed by atoms with E-state index in [1.54, 1.807) is 11.3 Å². The van der Waals surface area contributed by atoms with Crippen LogP contribution >= 0.6 is 11.3 Å². The lowest BCUT2D eigenvalue weighted by Gasteiger charge is -2.30. The topological polar surface area (TPSA) is 35.6 Å². The molecular weight excluding hydrogens is 282 g/mol. The summed E-state index contributed by atoms with van der Waals surface area (Å²) in [5.41, 5.74) is 1.03. The van der Waals surface area contributed by atoms with Crippen molar-refractivity contribution in [1.29, 1.82) is 0 Å². The molecule has 0 bridgehead atoms.